The van der Waals surface area contributed by atoms with Crippen molar-refractivity contribution in [1.82, 2.24) is 20.1 Å². The number of halogens is 1. The standard InChI is InChI=1S/C20H25ClN4S/c1-5-18-23-15(13-26-18)11-22-10-14-12-25(20(2,3)4)24-19(14)16-8-6-7-9-17(16)21/h6-9,12-13,22H,5,10-11H2,1-4H3. The molecule has 0 bridgehead atoms. The predicted molar refractivity (Wildman–Crippen MR) is 110 cm³/mol. The molecule has 0 unspecified atom stereocenters. The van der Waals surface area contributed by atoms with Crippen LogP contribution in [0.15, 0.2) is 35.8 Å². The molecule has 0 spiro atoms. The summed E-state index contributed by atoms with van der Waals surface area (Å²) in [6.07, 6.45) is 3.10. The molecule has 2 heterocycles. The second-order valence-electron chi connectivity index (χ2n) is 7.29. The van der Waals surface area contributed by atoms with Crippen molar-refractivity contribution < 1.29 is 0 Å². The normalized spacial score (nSPS) is 11.9. The van der Waals surface area contributed by atoms with Crippen molar-refractivity contribution in [3.05, 3.63) is 57.1 Å². The van der Waals surface area contributed by atoms with Gasteiger partial charge in [-0.05, 0) is 33.3 Å². The third kappa shape index (κ3) is 4.34. The van der Waals surface area contributed by atoms with Gasteiger partial charge in [0.2, 0.25) is 0 Å². The molecule has 0 aliphatic heterocycles. The Morgan fingerprint density at radius 3 is 2.62 bits per heavy atom. The minimum absolute atomic E-state index is 0.0841. The van der Waals surface area contributed by atoms with Crippen LogP contribution in [0.5, 0.6) is 0 Å². The van der Waals surface area contributed by atoms with E-state index in [0.717, 1.165) is 47.0 Å². The molecule has 0 amide bonds. The zero-order chi connectivity index (χ0) is 18.7. The van der Waals surface area contributed by atoms with Gasteiger partial charge in [0.15, 0.2) is 0 Å². The summed E-state index contributed by atoms with van der Waals surface area (Å²) in [7, 11) is 0. The van der Waals surface area contributed by atoms with E-state index >= 15 is 0 Å². The van der Waals surface area contributed by atoms with Gasteiger partial charge in [0.1, 0.15) is 0 Å². The first-order chi connectivity index (χ1) is 12.4. The zero-order valence-corrected chi connectivity index (χ0v) is 17.3. The molecule has 0 fully saturated rings. The summed E-state index contributed by atoms with van der Waals surface area (Å²) in [5.41, 5.74) is 4.05. The Kier molecular flexibility index (Phi) is 5.80. The highest BCUT2D eigenvalue weighted by molar-refractivity contribution is 7.09. The minimum Gasteiger partial charge on any atom is -0.307 e. The lowest BCUT2D eigenvalue weighted by molar-refractivity contribution is 0.356. The van der Waals surface area contributed by atoms with Crippen LogP contribution in [0.25, 0.3) is 11.3 Å². The van der Waals surface area contributed by atoms with Gasteiger partial charge >= 0.3 is 0 Å². The molecule has 0 saturated heterocycles. The van der Waals surface area contributed by atoms with Gasteiger partial charge in [0.25, 0.3) is 0 Å². The van der Waals surface area contributed by atoms with Gasteiger partial charge in [0.05, 0.1) is 27.0 Å². The molecular weight excluding hydrogens is 364 g/mol. The zero-order valence-electron chi connectivity index (χ0n) is 15.7. The summed E-state index contributed by atoms with van der Waals surface area (Å²) < 4.78 is 2.01. The van der Waals surface area contributed by atoms with Gasteiger partial charge in [-0.2, -0.15) is 5.10 Å². The predicted octanol–water partition coefficient (Wildman–Crippen LogP) is 5.27. The Balaban J connectivity index is 1.83. The summed E-state index contributed by atoms with van der Waals surface area (Å²) in [5.74, 6) is 0. The maximum absolute atomic E-state index is 6.42. The van der Waals surface area contributed by atoms with Crippen LogP contribution in [0.2, 0.25) is 5.02 Å². The largest absolute Gasteiger partial charge is 0.307 e. The van der Waals surface area contributed by atoms with Crippen molar-refractivity contribution in [2.45, 2.75) is 52.7 Å². The smallest absolute Gasteiger partial charge is 0.0983 e. The van der Waals surface area contributed by atoms with Crippen LogP contribution in [-0.2, 0) is 25.0 Å². The van der Waals surface area contributed by atoms with Gasteiger partial charge < -0.3 is 5.32 Å². The van der Waals surface area contributed by atoms with E-state index in [9.17, 15) is 0 Å². The van der Waals surface area contributed by atoms with Crippen LogP contribution in [0, 0.1) is 0 Å². The average Bonchev–Trinajstić information content (AvgIpc) is 3.22. The maximum Gasteiger partial charge on any atom is 0.0983 e. The lowest BCUT2D eigenvalue weighted by Gasteiger charge is -2.18. The first kappa shape index (κ1) is 19.1. The quantitative estimate of drug-likeness (QED) is 0.625. The molecule has 1 N–H and O–H groups in total. The number of benzene rings is 1. The maximum atomic E-state index is 6.42. The average molecular weight is 389 g/mol. The number of aromatic nitrogens is 3. The van der Waals surface area contributed by atoms with Gasteiger partial charge in [0, 0.05) is 35.8 Å². The number of hydrogen-bond donors (Lipinski definition) is 1. The van der Waals surface area contributed by atoms with E-state index in [1.807, 2.05) is 28.9 Å². The van der Waals surface area contributed by atoms with Crippen molar-refractivity contribution in [3.63, 3.8) is 0 Å². The minimum atomic E-state index is -0.0841. The summed E-state index contributed by atoms with van der Waals surface area (Å²) in [5, 5.41) is 12.4. The van der Waals surface area contributed by atoms with E-state index in [-0.39, 0.29) is 5.54 Å². The Hall–Kier alpha value is -1.69. The number of hydrogen-bond acceptors (Lipinski definition) is 4. The van der Waals surface area contributed by atoms with Gasteiger partial charge in [-0.1, -0.05) is 36.7 Å². The number of nitrogens with one attached hydrogen (secondary N) is 1. The highest BCUT2D eigenvalue weighted by atomic mass is 35.5. The molecule has 0 atom stereocenters. The second kappa shape index (κ2) is 7.91. The highest BCUT2D eigenvalue weighted by Crippen LogP contribution is 2.30. The lowest BCUT2D eigenvalue weighted by atomic mass is 10.1. The highest BCUT2D eigenvalue weighted by Gasteiger charge is 2.20. The third-order valence-corrected chi connectivity index (χ3v) is 5.50. The molecule has 3 aromatic rings. The van der Waals surface area contributed by atoms with E-state index in [4.69, 9.17) is 16.7 Å². The first-order valence-electron chi connectivity index (χ1n) is 8.86. The number of rotatable bonds is 6. The van der Waals surface area contributed by atoms with Crippen molar-refractivity contribution >= 4 is 22.9 Å². The first-order valence-corrected chi connectivity index (χ1v) is 10.1. The van der Waals surface area contributed by atoms with Crippen molar-refractivity contribution in [3.8, 4) is 11.3 Å². The molecule has 0 aliphatic carbocycles. The Morgan fingerprint density at radius 1 is 1.19 bits per heavy atom. The fraction of sp³-hybridized carbons (Fsp3) is 0.400. The third-order valence-electron chi connectivity index (χ3n) is 4.13. The molecule has 26 heavy (non-hydrogen) atoms. The van der Waals surface area contributed by atoms with Crippen LogP contribution >= 0.6 is 22.9 Å². The van der Waals surface area contributed by atoms with Crippen molar-refractivity contribution in [1.29, 1.82) is 0 Å². The molecule has 6 heteroatoms. The molecule has 1 aromatic carbocycles. The molecule has 0 saturated carbocycles. The summed E-state index contributed by atoms with van der Waals surface area (Å²) >= 11 is 8.14. The van der Waals surface area contributed by atoms with E-state index in [2.05, 4.69) is 49.6 Å². The van der Waals surface area contributed by atoms with Gasteiger partial charge in [-0.25, -0.2) is 4.98 Å². The molecule has 0 radical (unpaired) electrons. The van der Waals surface area contributed by atoms with Gasteiger partial charge in [-0.15, -0.1) is 11.3 Å². The number of aryl methyl sites for hydroxylation is 1. The van der Waals surface area contributed by atoms with Crippen LogP contribution in [-0.4, -0.2) is 14.8 Å². The topological polar surface area (TPSA) is 42.7 Å². The summed E-state index contributed by atoms with van der Waals surface area (Å²) in [6, 6.07) is 7.87. The second-order valence-corrected chi connectivity index (χ2v) is 8.64. The van der Waals surface area contributed by atoms with Crippen LogP contribution < -0.4 is 5.32 Å². The summed E-state index contributed by atoms with van der Waals surface area (Å²) in [6.45, 7) is 10.0. The van der Waals surface area contributed by atoms with E-state index < -0.39 is 0 Å². The van der Waals surface area contributed by atoms with Crippen LogP contribution in [0.3, 0.4) is 0 Å². The molecule has 3 rings (SSSR count). The van der Waals surface area contributed by atoms with E-state index in [1.165, 1.54) is 5.01 Å². The Morgan fingerprint density at radius 2 is 1.96 bits per heavy atom. The summed E-state index contributed by atoms with van der Waals surface area (Å²) in [4.78, 5) is 4.61. The molecule has 4 nitrogen and oxygen atoms in total. The van der Waals surface area contributed by atoms with E-state index in [1.54, 1.807) is 11.3 Å². The lowest BCUT2D eigenvalue weighted by Crippen LogP contribution is -2.22. The number of nitrogens with zero attached hydrogens (tertiary/aromatic N) is 3. The molecule has 138 valence electrons. The van der Waals surface area contributed by atoms with Crippen molar-refractivity contribution in [2.75, 3.05) is 0 Å². The van der Waals surface area contributed by atoms with E-state index in [0.29, 0.717) is 0 Å². The van der Waals surface area contributed by atoms with Crippen LogP contribution in [0.4, 0.5) is 0 Å². The Labute approximate surface area is 164 Å². The fourth-order valence-electron chi connectivity index (χ4n) is 2.68. The molecule has 2 aromatic heterocycles. The molecule has 0 aliphatic rings. The number of thiazole rings is 1. The fourth-order valence-corrected chi connectivity index (χ4v) is 3.65. The SMILES string of the molecule is CCc1nc(CNCc2cn(C(C)(C)C)nc2-c2ccccc2Cl)cs1. The van der Waals surface area contributed by atoms with Crippen LogP contribution in [0.1, 0.15) is 44.0 Å². The van der Waals surface area contributed by atoms with Gasteiger partial charge in [-0.3, -0.25) is 4.68 Å². The monoisotopic (exact) mass is 388 g/mol. The molecular formula is C20H25ClN4S. The van der Waals surface area contributed by atoms with Crippen molar-refractivity contribution in [2.24, 2.45) is 0 Å². The Bertz CT molecular complexity index is 876.